The summed E-state index contributed by atoms with van der Waals surface area (Å²) in [5, 5.41) is 2.77. The van der Waals surface area contributed by atoms with Crippen LogP contribution < -0.4 is 5.32 Å². The lowest BCUT2D eigenvalue weighted by Gasteiger charge is -2.00. The predicted octanol–water partition coefficient (Wildman–Crippen LogP) is 3.69. The van der Waals surface area contributed by atoms with Crippen LogP contribution in [0.5, 0.6) is 0 Å². The van der Waals surface area contributed by atoms with E-state index in [2.05, 4.69) is 10.3 Å². The Kier molecular flexibility index (Phi) is 3.31. The summed E-state index contributed by atoms with van der Waals surface area (Å²) in [4.78, 5) is 16.1. The molecule has 0 saturated carbocycles. The smallest absolute Gasteiger partial charge is 0.248 e. The van der Waals surface area contributed by atoms with Gasteiger partial charge in [0.1, 0.15) is 17.0 Å². The number of benzene rings is 1. The highest BCUT2D eigenvalue weighted by Gasteiger charge is 2.04. The molecule has 0 atom stereocenters. The molecule has 1 amide bonds. The van der Waals surface area contributed by atoms with Crippen LogP contribution >= 0.6 is 0 Å². The van der Waals surface area contributed by atoms with Gasteiger partial charge >= 0.3 is 0 Å². The van der Waals surface area contributed by atoms with E-state index in [1.54, 1.807) is 31.2 Å². The van der Waals surface area contributed by atoms with E-state index >= 15 is 0 Å². The van der Waals surface area contributed by atoms with E-state index in [0.717, 1.165) is 11.3 Å². The summed E-state index contributed by atoms with van der Waals surface area (Å²) in [5.74, 6) is 1.82. The van der Waals surface area contributed by atoms with Crippen LogP contribution in [-0.4, -0.2) is 10.9 Å². The van der Waals surface area contributed by atoms with Gasteiger partial charge in [-0.15, -0.1) is 0 Å². The lowest BCUT2D eigenvalue weighted by atomic mass is 10.3. The van der Waals surface area contributed by atoms with Gasteiger partial charge in [-0.05, 0) is 43.3 Å². The van der Waals surface area contributed by atoms with Crippen LogP contribution in [0.15, 0.2) is 45.2 Å². The second-order valence-electron chi connectivity index (χ2n) is 4.69. The lowest BCUT2D eigenvalue weighted by molar-refractivity contribution is -0.111. The minimum atomic E-state index is -0.233. The fraction of sp³-hybridized carbons (Fsp3) is 0.125. The zero-order chi connectivity index (χ0) is 14.8. The van der Waals surface area contributed by atoms with Crippen molar-refractivity contribution in [3.63, 3.8) is 0 Å². The van der Waals surface area contributed by atoms with Gasteiger partial charge in [0, 0.05) is 18.7 Å². The second kappa shape index (κ2) is 5.28. The number of furan rings is 1. The number of aromatic nitrogens is 1. The predicted molar refractivity (Wildman–Crippen MR) is 79.9 cm³/mol. The van der Waals surface area contributed by atoms with Crippen molar-refractivity contribution in [3.05, 3.63) is 53.8 Å². The molecule has 0 aliphatic heterocycles. The maximum atomic E-state index is 11.9. The summed E-state index contributed by atoms with van der Waals surface area (Å²) in [7, 11) is 0. The Bertz CT molecular complexity index is 827. The Labute approximate surface area is 121 Å². The maximum Gasteiger partial charge on any atom is 0.248 e. The molecule has 0 fully saturated rings. The molecule has 21 heavy (non-hydrogen) atoms. The second-order valence-corrected chi connectivity index (χ2v) is 4.69. The zero-order valence-electron chi connectivity index (χ0n) is 11.7. The standard InChI is InChI=1S/C16H14N2O3/c1-10-3-5-13(20-10)6-8-16(19)18-12-4-7-15-14(9-12)17-11(2)21-15/h3-9H,1-2H3,(H,18,19)/b8-6+. The molecule has 0 aliphatic carbocycles. The van der Waals surface area contributed by atoms with Gasteiger partial charge in [-0.3, -0.25) is 4.79 Å². The first kappa shape index (κ1) is 13.2. The molecule has 0 spiro atoms. The Morgan fingerprint density at radius 1 is 1.19 bits per heavy atom. The third-order valence-electron chi connectivity index (χ3n) is 2.92. The average molecular weight is 282 g/mol. The van der Waals surface area contributed by atoms with Gasteiger partial charge in [0.2, 0.25) is 5.91 Å². The van der Waals surface area contributed by atoms with E-state index in [-0.39, 0.29) is 5.91 Å². The summed E-state index contributed by atoms with van der Waals surface area (Å²) >= 11 is 0. The summed E-state index contributed by atoms with van der Waals surface area (Å²) in [6.45, 7) is 3.64. The summed E-state index contributed by atoms with van der Waals surface area (Å²) < 4.78 is 10.7. The zero-order valence-corrected chi connectivity index (χ0v) is 11.7. The van der Waals surface area contributed by atoms with Crippen molar-refractivity contribution in [1.29, 1.82) is 0 Å². The van der Waals surface area contributed by atoms with Crippen LogP contribution in [-0.2, 0) is 4.79 Å². The van der Waals surface area contributed by atoms with Crippen molar-refractivity contribution >= 4 is 28.8 Å². The van der Waals surface area contributed by atoms with Crippen LogP contribution in [0.2, 0.25) is 0 Å². The molecule has 1 aromatic carbocycles. The molecule has 2 aromatic heterocycles. The highest BCUT2D eigenvalue weighted by Crippen LogP contribution is 2.19. The molecule has 106 valence electrons. The minimum Gasteiger partial charge on any atom is -0.462 e. The summed E-state index contributed by atoms with van der Waals surface area (Å²) in [5.41, 5.74) is 2.09. The number of aryl methyl sites for hydroxylation is 2. The Balaban J connectivity index is 1.72. The number of anilines is 1. The van der Waals surface area contributed by atoms with Crippen molar-refractivity contribution < 1.29 is 13.6 Å². The molecule has 0 saturated heterocycles. The first-order chi connectivity index (χ1) is 10.1. The van der Waals surface area contributed by atoms with E-state index in [4.69, 9.17) is 8.83 Å². The molecule has 0 bridgehead atoms. The van der Waals surface area contributed by atoms with Crippen LogP contribution in [0, 0.1) is 13.8 Å². The molecule has 2 heterocycles. The van der Waals surface area contributed by atoms with E-state index in [0.29, 0.717) is 22.9 Å². The topological polar surface area (TPSA) is 68.3 Å². The maximum absolute atomic E-state index is 11.9. The van der Waals surface area contributed by atoms with Crippen molar-refractivity contribution in [3.8, 4) is 0 Å². The first-order valence-electron chi connectivity index (χ1n) is 6.53. The average Bonchev–Trinajstić information content (AvgIpc) is 3.01. The van der Waals surface area contributed by atoms with Crippen molar-refractivity contribution in [2.45, 2.75) is 13.8 Å². The van der Waals surface area contributed by atoms with Gasteiger partial charge in [-0.1, -0.05) is 0 Å². The molecule has 0 radical (unpaired) electrons. The SMILES string of the molecule is Cc1ccc(/C=C/C(=O)Nc2ccc3oc(C)nc3c2)o1. The number of rotatable bonds is 3. The first-order valence-corrected chi connectivity index (χ1v) is 6.53. The van der Waals surface area contributed by atoms with Gasteiger partial charge in [-0.2, -0.15) is 0 Å². The van der Waals surface area contributed by atoms with E-state index in [9.17, 15) is 4.79 Å². The molecule has 5 nitrogen and oxygen atoms in total. The Hall–Kier alpha value is -2.82. The normalized spacial score (nSPS) is 11.3. The van der Waals surface area contributed by atoms with Crippen LogP contribution in [0.25, 0.3) is 17.2 Å². The molecule has 1 N–H and O–H groups in total. The van der Waals surface area contributed by atoms with E-state index in [1.807, 2.05) is 19.1 Å². The third kappa shape index (κ3) is 3.02. The number of nitrogens with zero attached hydrogens (tertiary/aromatic N) is 1. The number of hydrogen-bond acceptors (Lipinski definition) is 4. The fourth-order valence-corrected chi connectivity index (χ4v) is 2.01. The molecule has 0 unspecified atom stereocenters. The monoisotopic (exact) mass is 282 g/mol. The van der Waals surface area contributed by atoms with Gasteiger partial charge < -0.3 is 14.2 Å². The van der Waals surface area contributed by atoms with Gasteiger partial charge in [0.15, 0.2) is 11.5 Å². The molecular formula is C16H14N2O3. The fourth-order valence-electron chi connectivity index (χ4n) is 2.01. The Morgan fingerprint density at radius 2 is 2.05 bits per heavy atom. The molecule has 3 rings (SSSR count). The molecule has 3 aromatic rings. The number of carbonyl (C=O) groups is 1. The molecular weight excluding hydrogens is 268 g/mol. The van der Waals surface area contributed by atoms with E-state index in [1.165, 1.54) is 6.08 Å². The molecule has 5 heteroatoms. The van der Waals surface area contributed by atoms with Gasteiger partial charge in [-0.25, -0.2) is 4.98 Å². The quantitative estimate of drug-likeness (QED) is 0.744. The lowest BCUT2D eigenvalue weighted by Crippen LogP contribution is -2.07. The van der Waals surface area contributed by atoms with Gasteiger partial charge in [0.25, 0.3) is 0 Å². The largest absolute Gasteiger partial charge is 0.462 e. The Morgan fingerprint density at radius 3 is 2.81 bits per heavy atom. The van der Waals surface area contributed by atoms with Crippen LogP contribution in [0.3, 0.4) is 0 Å². The van der Waals surface area contributed by atoms with Crippen LogP contribution in [0.4, 0.5) is 5.69 Å². The number of carbonyl (C=O) groups excluding carboxylic acids is 1. The number of oxazole rings is 1. The van der Waals surface area contributed by atoms with Crippen molar-refractivity contribution in [2.75, 3.05) is 5.32 Å². The van der Waals surface area contributed by atoms with Crippen molar-refractivity contribution in [2.24, 2.45) is 0 Å². The number of fused-ring (bicyclic) bond motifs is 1. The van der Waals surface area contributed by atoms with Gasteiger partial charge in [0.05, 0.1) is 0 Å². The minimum absolute atomic E-state index is 0.233. The number of nitrogens with one attached hydrogen (secondary N) is 1. The van der Waals surface area contributed by atoms with Crippen LogP contribution in [0.1, 0.15) is 17.4 Å². The summed E-state index contributed by atoms with van der Waals surface area (Å²) in [6, 6.07) is 8.98. The highest BCUT2D eigenvalue weighted by molar-refractivity contribution is 6.02. The number of hydrogen-bond donors (Lipinski definition) is 1. The third-order valence-corrected chi connectivity index (χ3v) is 2.92. The van der Waals surface area contributed by atoms with E-state index < -0.39 is 0 Å². The highest BCUT2D eigenvalue weighted by atomic mass is 16.3. The number of amides is 1. The summed E-state index contributed by atoms with van der Waals surface area (Å²) in [6.07, 6.45) is 3.05. The molecule has 0 aliphatic rings. The van der Waals surface area contributed by atoms with Crippen molar-refractivity contribution in [1.82, 2.24) is 4.98 Å².